The first kappa shape index (κ1) is 14.9. The molecule has 1 fully saturated rings. The van der Waals surface area contributed by atoms with E-state index in [1.807, 2.05) is 6.92 Å². The number of likely N-dealkylation sites (tertiary alicyclic amines) is 1. The molecule has 0 aliphatic carbocycles. The average molecular weight is 279 g/mol. The number of carbonyl (C=O) groups is 1. The highest BCUT2D eigenvalue weighted by atomic mass is 19.1. The second-order valence-electron chi connectivity index (χ2n) is 5.67. The van der Waals surface area contributed by atoms with Crippen molar-refractivity contribution in [1.82, 2.24) is 4.90 Å². The summed E-state index contributed by atoms with van der Waals surface area (Å²) < 4.78 is 13.2. The second kappa shape index (κ2) is 6.33. The molecule has 1 amide bonds. The van der Waals surface area contributed by atoms with Crippen LogP contribution in [0.15, 0.2) is 18.2 Å². The van der Waals surface area contributed by atoms with E-state index < -0.39 is 0 Å². The van der Waals surface area contributed by atoms with Crippen LogP contribution in [0.4, 0.5) is 10.1 Å². The van der Waals surface area contributed by atoms with E-state index in [-0.39, 0.29) is 17.8 Å². The molecule has 1 aromatic carbocycles. The minimum atomic E-state index is -0.344. The minimum absolute atomic E-state index is 0.110. The van der Waals surface area contributed by atoms with Crippen molar-refractivity contribution in [2.24, 2.45) is 11.7 Å². The lowest BCUT2D eigenvalue weighted by Gasteiger charge is -2.34. The number of rotatable bonds is 3. The Morgan fingerprint density at radius 1 is 1.55 bits per heavy atom. The highest BCUT2D eigenvalue weighted by Crippen LogP contribution is 2.17. The molecule has 0 saturated carbocycles. The predicted molar refractivity (Wildman–Crippen MR) is 78.0 cm³/mol. The van der Waals surface area contributed by atoms with Gasteiger partial charge in [-0.2, -0.15) is 0 Å². The van der Waals surface area contributed by atoms with Gasteiger partial charge in [-0.25, -0.2) is 4.39 Å². The van der Waals surface area contributed by atoms with E-state index in [9.17, 15) is 9.18 Å². The van der Waals surface area contributed by atoms with E-state index in [0.29, 0.717) is 18.2 Å². The number of carbonyl (C=O) groups excluding carboxylic acids is 1. The second-order valence-corrected chi connectivity index (χ2v) is 5.67. The molecule has 2 rings (SSSR count). The quantitative estimate of drug-likeness (QED) is 0.886. The molecular weight excluding hydrogens is 257 g/mol. The summed E-state index contributed by atoms with van der Waals surface area (Å²) in [6.07, 6.45) is 0.910. The number of aryl methyl sites for hydroxylation is 1. The Labute approximate surface area is 119 Å². The molecule has 2 unspecified atom stereocenters. The van der Waals surface area contributed by atoms with Gasteiger partial charge in [0.25, 0.3) is 0 Å². The van der Waals surface area contributed by atoms with Crippen LogP contribution in [-0.4, -0.2) is 36.5 Å². The first-order valence-electron chi connectivity index (χ1n) is 6.99. The summed E-state index contributed by atoms with van der Waals surface area (Å²) in [7, 11) is 0. The van der Waals surface area contributed by atoms with Gasteiger partial charge in [0.15, 0.2) is 0 Å². The van der Waals surface area contributed by atoms with Crippen molar-refractivity contribution >= 4 is 11.6 Å². The molecule has 0 bridgehead atoms. The van der Waals surface area contributed by atoms with Crippen molar-refractivity contribution in [2.75, 3.05) is 25.0 Å². The van der Waals surface area contributed by atoms with Gasteiger partial charge in [0.05, 0.1) is 6.54 Å². The van der Waals surface area contributed by atoms with Gasteiger partial charge in [0.1, 0.15) is 5.82 Å². The van der Waals surface area contributed by atoms with Gasteiger partial charge in [0, 0.05) is 24.8 Å². The van der Waals surface area contributed by atoms with Crippen LogP contribution in [0.1, 0.15) is 18.9 Å². The maximum absolute atomic E-state index is 13.2. The molecule has 1 saturated heterocycles. The number of nitrogens with two attached hydrogens (primary N) is 1. The summed E-state index contributed by atoms with van der Waals surface area (Å²) in [4.78, 5) is 14.1. The first-order valence-corrected chi connectivity index (χ1v) is 6.99. The van der Waals surface area contributed by atoms with Crippen LogP contribution < -0.4 is 11.1 Å². The third kappa shape index (κ3) is 3.77. The summed E-state index contributed by atoms with van der Waals surface area (Å²) in [5.74, 6) is -0.0581. The van der Waals surface area contributed by atoms with Crippen molar-refractivity contribution in [3.8, 4) is 0 Å². The molecule has 4 nitrogen and oxygen atoms in total. The minimum Gasteiger partial charge on any atom is -0.327 e. The van der Waals surface area contributed by atoms with Crippen LogP contribution >= 0.6 is 0 Å². The van der Waals surface area contributed by atoms with E-state index >= 15 is 0 Å². The maximum Gasteiger partial charge on any atom is 0.238 e. The van der Waals surface area contributed by atoms with Crippen molar-refractivity contribution < 1.29 is 9.18 Å². The molecule has 3 N–H and O–H groups in total. The van der Waals surface area contributed by atoms with E-state index in [4.69, 9.17) is 5.73 Å². The van der Waals surface area contributed by atoms with E-state index in [1.54, 1.807) is 6.07 Å². The lowest BCUT2D eigenvalue weighted by molar-refractivity contribution is -0.117. The zero-order valence-corrected chi connectivity index (χ0v) is 12.0. The topological polar surface area (TPSA) is 58.4 Å². The zero-order chi connectivity index (χ0) is 14.7. The van der Waals surface area contributed by atoms with Crippen molar-refractivity contribution in [3.05, 3.63) is 29.6 Å². The number of nitrogens with zero attached hydrogens (tertiary/aromatic N) is 1. The smallest absolute Gasteiger partial charge is 0.238 e. The van der Waals surface area contributed by atoms with Crippen LogP contribution in [0, 0.1) is 18.7 Å². The number of halogens is 1. The highest BCUT2D eigenvalue weighted by Gasteiger charge is 2.24. The predicted octanol–water partition coefficient (Wildman–Crippen LogP) is 1.74. The molecule has 0 aromatic heterocycles. The van der Waals surface area contributed by atoms with Gasteiger partial charge in [-0.05, 0) is 37.0 Å². The Morgan fingerprint density at radius 3 is 3.00 bits per heavy atom. The molecule has 110 valence electrons. The van der Waals surface area contributed by atoms with Crippen LogP contribution in [0.2, 0.25) is 0 Å². The molecule has 1 aliphatic rings. The molecular formula is C15H22FN3O. The van der Waals surface area contributed by atoms with Crippen LogP contribution in [-0.2, 0) is 4.79 Å². The fourth-order valence-corrected chi connectivity index (χ4v) is 2.52. The Balaban J connectivity index is 1.91. The van der Waals surface area contributed by atoms with Gasteiger partial charge in [-0.3, -0.25) is 9.69 Å². The summed E-state index contributed by atoms with van der Waals surface area (Å²) >= 11 is 0. The Hall–Kier alpha value is -1.46. The lowest BCUT2D eigenvalue weighted by atomic mass is 9.95. The van der Waals surface area contributed by atoms with Crippen molar-refractivity contribution in [3.63, 3.8) is 0 Å². The van der Waals surface area contributed by atoms with Crippen molar-refractivity contribution in [1.29, 1.82) is 0 Å². The molecule has 1 aromatic rings. The molecule has 2 atom stereocenters. The van der Waals surface area contributed by atoms with Gasteiger partial charge in [-0.1, -0.05) is 13.0 Å². The molecule has 0 spiro atoms. The summed E-state index contributed by atoms with van der Waals surface area (Å²) in [5.41, 5.74) is 7.36. The Morgan fingerprint density at radius 2 is 2.30 bits per heavy atom. The van der Waals surface area contributed by atoms with E-state index in [1.165, 1.54) is 12.1 Å². The number of hydrogen-bond donors (Lipinski definition) is 2. The normalized spacial score (nSPS) is 23.6. The van der Waals surface area contributed by atoms with Gasteiger partial charge >= 0.3 is 0 Å². The fourth-order valence-electron chi connectivity index (χ4n) is 2.52. The SMILES string of the molecule is Cc1ccc(F)cc1NC(=O)CN1CCC(N)C(C)C1. The fraction of sp³-hybridized carbons (Fsp3) is 0.533. The number of anilines is 1. The van der Waals surface area contributed by atoms with Gasteiger partial charge in [0.2, 0.25) is 5.91 Å². The maximum atomic E-state index is 13.2. The molecule has 0 radical (unpaired) electrons. The third-order valence-electron chi connectivity index (χ3n) is 3.90. The molecule has 5 heteroatoms. The largest absolute Gasteiger partial charge is 0.327 e. The lowest BCUT2D eigenvalue weighted by Crippen LogP contribution is -2.48. The summed E-state index contributed by atoms with van der Waals surface area (Å²) in [6, 6.07) is 4.62. The standard InChI is InChI=1S/C15H22FN3O/c1-10-3-4-12(16)7-14(10)18-15(20)9-19-6-5-13(17)11(2)8-19/h3-4,7,11,13H,5-6,8-9,17H2,1-2H3,(H,18,20). The molecule has 1 heterocycles. The zero-order valence-electron chi connectivity index (χ0n) is 12.0. The number of hydrogen-bond acceptors (Lipinski definition) is 3. The van der Waals surface area contributed by atoms with E-state index in [2.05, 4.69) is 17.1 Å². The molecule has 1 aliphatic heterocycles. The van der Waals surface area contributed by atoms with Crippen LogP contribution in [0.5, 0.6) is 0 Å². The highest BCUT2D eigenvalue weighted by molar-refractivity contribution is 5.92. The number of amides is 1. The third-order valence-corrected chi connectivity index (χ3v) is 3.90. The summed E-state index contributed by atoms with van der Waals surface area (Å²) in [5, 5.41) is 2.77. The number of benzene rings is 1. The van der Waals surface area contributed by atoms with Crippen LogP contribution in [0.3, 0.4) is 0 Å². The average Bonchev–Trinajstić information content (AvgIpc) is 2.38. The van der Waals surface area contributed by atoms with Gasteiger partial charge < -0.3 is 11.1 Å². The Bertz CT molecular complexity index is 492. The number of piperidine rings is 1. The van der Waals surface area contributed by atoms with E-state index in [0.717, 1.165) is 25.1 Å². The first-order chi connectivity index (χ1) is 9.45. The molecule has 20 heavy (non-hydrogen) atoms. The number of nitrogens with one attached hydrogen (secondary N) is 1. The monoisotopic (exact) mass is 279 g/mol. The van der Waals surface area contributed by atoms with Crippen LogP contribution in [0.25, 0.3) is 0 Å². The van der Waals surface area contributed by atoms with Gasteiger partial charge in [-0.15, -0.1) is 0 Å². The summed E-state index contributed by atoms with van der Waals surface area (Å²) in [6.45, 7) is 5.94. The van der Waals surface area contributed by atoms with Crippen molar-refractivity contribution in [2.45, 2.75) is 26.3 Å². The Kier molecular flexibility index (Phi) is 4.73.